The van der Waals surface area contributed by atoms with E-state index in [0.717, 1.165) is 18.5 Å². The summed E-state index contributed by atoms with van der Waals surface area (Å²) in [6, 6.07) is 5.91. The standard InChI is InChI=1S/C14H20Cl2N2O/c1-17(2)7-10-6-11(19)8-18(10)9-12-13(15)4-3-5-14(12)16/h3-5,10-11,19H,6-9H2,1-2H3. The zero-order valence-electron chi connectivity index (χ0n) is 11.3. The summed E-state index contributed by atoms with van der Waals surface area (Å²) in [7, 11) is 4.09. The Kier molecular flexibility index (Phi) is 5.09. The van der Waals surface area contributed by atoms with Gasteiger partial charge in [0.15, 0.2) is 0 Å². The Hall–Kier alpha value is -0.320. The number of β-amino-alcohol motifs (C(OH)–C–C–N with tert-alkyl or cyclic N) is 1. The first kappa shape index (κ1) is 15.1. The number of rotatable bonds is 4. The van der Waals surface area contributed by atoms with Gasteiger partial charge < -0.3 is 10.0 Å². The van der Waals surface area contributed by atoms with Crippen LogP contribution in [-0.2, 0) is 6.54 Å². The second-order valence-electron chi connectivity index (χ2n) is 5.44. The molecule has 1 N–H and O–H groups in total. The van der Waals surface area contributed by atoms with Gasteiger partial charge >= 0.3 is 0 Å². The molecule has 2 unspecified atom stereocenters. The van der Waals surface area contributed by atoms with Gasteiger partial charge in [0.2, 0.25) is 0 Å². The summed E-state index contributed by atoms with van der Waals surface area (Å²) < 4.78 is 0. The van der Waals surface area contributed by atoms with Crippen LogP contribution in [0.25, 0.3) is 0 Å². The second kappa shape index (κ2) is 6.42. The lowest BCUT2D eigenvalue weighted by Gasteiger charge is -2.27. The molecule has 1 heterocycles. The van der Waals surface area contributed by atoms with Gasteiger partial charge in [-0.1, -0.05) is 29.3 Å². The van der Waals surface area contributed by atoms with Gasteiger partial charge in [-0.3, -0.25) is 4.90 Å². The van der Waals surface area contributed by atoms with Crippen LogP contribution in [-0.4, -0.2) is 54.2 Å². The van der Waals surface area contributed by atoms with Crippen LogP contribution < -0.4 is 0 Å². The van der Waals surface area contributed by atoms with Crippen LogP contribution in [0.4, 0.5) is 0 Å². The number of likely N-dealkylation sites (tertiary alicyclic amines) is 1. The van der Waals surface area contributed by atoms with Gasteiger partial charge in [-0.15, -0.1) is 0 Å². The molecule has 2 rings (SSSR count). The molecule has 1 fully saturated rings. The van der Waals surface area contributed by atoms with Crippen molar-refractivity contribution in [3.05, 3.63) is 33.8 Å². The lowest BCUT2D eigenvalue weighted by Crippen LogP contribution is -2.37. The Balaban J connectivity index is 2.12. The van der Waals surface area contributed by atoms with Crippen molar-refractivity contribution >= 4 is 23.2 Å². The molecule has 106 valence electrons. The van der Waals surface area contributed by atoms with Gasteiger partial charge in [0, 0.05) is 41.3 Å². The Morgan fingerprint density at radius 1 is 1.32 bits per heavy atom. The number of nitrogens with zero attached hydrogens (tertiary/aromatic N) is 2. The van der Waals surface area contributed by atoms with Crippen molar-refractivity contribution in [2.45, 2.75) is 25.1 Å². The number of hydrogen-bond acceptors (Lipinski definition) is 3. The van der Waals surface area contributed by atoms with Crippen molar-refractivity contribution in [2.24, 2.45) is 0 Å². The Labute approximate surface area is 124 Å². The first-order chi connectivity index (χ1) is 8.97. The highest BCUT2D eigenvalue weighted by Crippen LogP contribution is 2.29. The molecule has 0 spiro atoms. The third-order valence-corrected chi connectivity index (χ3v) is 4.21. The van der Waals surface area contributed by atoms with Crippen molar-refractivity contribution in [2.75, 3.05) is 27.2 Å². The summed E-state index contributed by atoms with van der Waals surface area (Å²) in [4.78, 5) is 4.40. The van der Waals surface area contributed by atoms with E-state index < -0.39 is 0 Å². The van der Waals surface area contributed by atoms with Gasteiger partial charge in [0.05, 0.1) is 6.10 Å². The zero-order chi connectivity index (χ0) is 14.0. The summed E-state index contributed by atoms with van der Waals surface area (Å²) in [6.07, 6.45) is 0.548. The number of benzene rings is 1. The molecule has 5 heteroatoms. The minimum absolute atomic E-state index is 0.258. The second-order valence-corrected chi connectivity index (χ2v) is 6.25. The van der Waals surface area contributed by atoms with Crippen molar-refractivity contribution in [3.63, 3.8) is 0 Å². The van der Waals surface area contributed by atoms with Gasteiger partial charge in [-0.25, -0.2) is 0 Å². The van der Waals surface area contributed by atoms with Crippen LogP contribution in [0.5, 0.6) is 0 Å². The van der Waals surface area contributed by atoms with Crippen LogP contribution in [0.1, 0.15) is 12.0 Å². The van der Waals surface area contributed by atoms with E-state index in [9.17, 15) is 5.11 Å². The van der Waals surface area contributed by atoms with Crippen molar-refractivity contribution in [3.8, 4) is 0 Å². The SMILES string of the molecule is CN(C)CC1CC(O)CN1Cc1c(Cl)cccc1Cl. The molecular weight excluding hydrogens is 283 g/mol. The minimum Gasteiger partial charge on any atom is -0.392 e. The fourth-order valence-electron chi connectivity index (χ4n) is 2.65. The van der Waals surface area contributed by atoms with Crippen LogP contribution >= 0.6 is 23.2 Å². The molecule has 19 heavy (non-hydrogen) atoms. The summed E-state index contributed by atoms with van der Waals surface area (Å²) in [5, 5.41) is 11.3. The molecule has 0 radical (unpaired) electrons. The average molecular weight is 303 g/mol. The van der Waals surface area contributed by atoms with Crippen molar-refractivity contribution in [1.29, 1.82) is 0 Å². The average Bonchev–Trinajstić information content (AvgIpc) is 2.63. The first-order valence-corrected chi connectivity index (χ1v) is 7.22. The molecular formula is C14H20Cl2N2O. The maximum absolute atomic E-state index is 9.87. The molecule has 2 atom stereocenters. The molecule has 3 nitrogen and oxygen atoms in total. The Bertz CT molecular complexity index is 419. The van der Waals surface area contributed by atoms with Crippen LogP contribution in [0.2, 0.25) is 10.0 Å². The molecule has 1 aromatic rings. The topological polar surface area (TPSA) is 26.7 Å². The highest BCUT2D eigenvalue weighted by Gasteiger charge is 2.31. The van der Waals surface area contributed by atoms with Gasteiger partial charge in [0.1, 0.15) is 0 Å². The van der Waals surface area contributed by atoms with Crippen LogP contribution in [0.3, 0.4) is 0 Å². The number of hydrogen-bond donors (Lipinski definition) is 1. The molecule has 1 aliphatic rings. The van der Waals surface area contributed by atoms with E-state index in [1.165, 1.54) is 0 Å². The van der Waals surface area contributed by atoms with E-state index in [0.29, 0.717) is 29.2 Å². The monoisotopic (exact) mass is 302 g/mol. The molecule has 1 aromatic carbocycles. The van der Waals surface area contributed by atoms with E-state index in [1.807, 2.05) is 32.3 Å². The van der Waals surface area contributed by atoms with E-state index in [-0.39, 0.29) is 6.10 Å². The molecule has 0 aromatic heterocycles. The number of aliphatic hydroxyl groups is 1. The number of aliphatic hydroxyl groups excluding tert-OH is 1. The number of likely N-dealkylation sites (N-methyl/N-ethyl adjacent to an activating group) is 1. The highest BCUT2D eigenvalue weighted by atomic mass is 35.5. The number of halogens is 2. The van der Waals surface area contributed by atoms with Crippen LogP contribution in [0.15, 0.2) is 18.2 Å². The van der Waals surface area contributed by atoms with Crippen molar-refractivity contribution < 1.29 is 5.11 Å². The maximum atomic E-state index is 9.87. The molecule has 1 saturated heterocycles. The van der Waals surface area contributed by atoms with E-state index in [2.05, 4.69) is 9.80 Å². The normalized spacial score (nSPS) is 24.3. The highest BCUT2D eigenvalue weighted by molar-refractivity contribution is 6.35. The summed E-state index contributed by atoms with van der Waals surface area (Å²) in [5.41, 5.74) is 0.948. The fourth-order valence-corrected chi connectivity index (χ4v) is 3.17. The molecule has 1 aliphatic heterocycles. The summed E-state index contributed by atoms with van der Waals surface area (Å²) >= 11 is 12.4. The molecule has 0 bridgehead atoms. The fraction of sp³-hybridized carbons (Fsp3) is 0.571. The smallest absolute Gasteiger partial charge is 0.0682 e. The molecule has 0 saturated carbocycles. The lowest BCUT2D eigenvalue weighted by molar-refractivity contribution is 0.169. The maximum Gasteiger partial charge on any atom is 0.0682 e. The van der Waals surface area contributed by atoms with E-state index >= 15 is 0 Å². The third kappa shape index (κ3) is 3.83. The third-order valence-electron chi connectivity index (χ3n) is 3.50. The predicted molar refractivity (Wildman–Crippen MR) is 79.8 cm³/mol. The Morgan fingerprint density at radius 2 is 1.95 bits per heavy atom. The molecule has 0 amide bonds. The lowest BCUT2D eigenvalue weighted by atomic mass is 10.1. The predicted octanol–water partition coefficient (Wildman–Crippen LogP) is 2.49. The van der Waals surface area contributed by atoms with E-state index in [4.69, 9.17) is 23.2 Å². The first-order valence-electron chi connectivity index (χ1n) is 6.47. The van der Waals surface area contributed by atoms with Gasteiger partial charge in [0.25, 0.3) is 0 Å². The quantitative estimate of drug-likeness (QED) is 0.926. The van der Waals surface area contributed by atoms with Gasteiger partial charge in [-0.05, 0) is 32.6 Å². The van der Waals surface area contributed by atoms with Gasteiger partial charge in [-0.2, -0.15) is 0 Å². The zero-order valence-corrected chi connectivity index (χ0v) is 12.8. The largest absolute Gasteiger partial charge is 0.392 e. The summed E-state index contributed by atoms with van der Waals surface area (Å²) in [5.74, 6) is 0. The van der Waals surface area contributed by atoms with Crippen LogP contribution in [0, 0.1) is 0 Å². The van der Waals surface area contributed by atoms with E-state index in [1.54, 1.807) is 0 Å². The summed E-state index contributed by atoms with van der Waals surface area (Å²) in [6.45, 7) is 2.30. The Morgan fingerprint density at radius 3 is 2.53 bits per heavy atom. The molecule has 0 aliphatic carbocycles. The van der Waals surface area contributed by atoms with Crippen molar-refractivity contribution in [1.82, 2.24) is 9.80 Å². The minimum atomic E-state index is -0.258.